The Morgan fingerprint density at radius 2 is 2.15 bits per heavy atom. The van der Waals surface area contributed by atoms with Gasteiger partial charge in [0.05, 0.1) is 13.2 Å². The molecule has 0 aliphatic heterocycles. The summed E-state index contributed by atoms with van der Waals surface area (Å²) in [5.41, 5.74) is -0.200. The highest BCUT2D eigenvalue weighted by Crippen LogP contribution is 2.25. The largest absolute Gasteiger partial charge is 0.466 e. The van der Waals surface area contributed by atoms with Crippen LogP contribution >= 0.6 is 11.3 Å². The molecule has 1 heterocycles. The summed E-state index contributed by atoms with van der Waals surface area (Å²) in [6.45, 7) is 0. The first kappa shape index (κ1) is 14.5. The topological polar surface area (TPSA) is 72.1 Å². The molecule has 0 atom stereocenters. The Morgan fingerprint density at radius 1 is 1.45 bits per heavy atom. The molecular formula is C14H16N2O3S. The van der Waals surface area contributed by atoms with Crippen molar-refractivity contribution in [3.05, 3.63) is 19.5 Å². The van der Waals surface area contributed by atoms with Crippen LogP contribution in [-0.2, 0) is 9.53 Å². The highest BCUT2D eigenvalue weighted by molar-refractivity contribution is 7.07. The third kappa shape index (κ3) is 2.99. The first-order chi connectivity index (χ1) is 9.67. The molecule has 6 heteroatoms. The van der Waals surface area contributed by atoms with Gasteiger partial charge in [0.1, 0.15) is 9.20 Å². The summed E-state index contributed by atoms with van der Waals surface area (Å²) < 4.78 is 7.15. The Bertz CT molecular complexity index is 702. The average molecular weight is 292 g/mol. The van der Waals surface area contributed by atoms with Gasteiger partial charge in [-0.1, -0.05) is 19.3 Å². The predicted molar refractivity (Wildman–Crippen MR) is 76.5 cm³/mol. The summed E-state index contributed by atoms with van der Waals surface area (Å²) >= 11 is 1.16. The van der Waals surface area contributed by atoms with E-state index in [2.05, 4.69) is 4.74 Å². The molecule has 0 unspecified atom stereocenters. The molecule has 1 aromatic heterocycles. The van der Waals surface area contributed by atoms with Crippen LogP contribution in [0, 0.1) is 11.3 Å². The van der Waals surface area contributed by atoms with E-state index >= 15 is 0 Å². The number of hydrogen-bond donors (Lipinski definition) is 0. The standard InChI is InChI=1S/C14H16N2O3S/c1-19-13(17)9-11-14(18)16(12(20-11)7-8-15)10-5-3-2-4-6-10/h7,9-10H,2-6H2,1H3/b11-9-,12-7-. The second-order valence-corrected chi connectivity index (χ2v) is 5.77. The highest BCUT2D eigenvalue weighted by atomic mass is 32.1. The van der Waals surface area contributed by atoms with E-state index in [0.717, 1.165) is 37.0 Å². The third-order valence-electron chi connectivity index (χ3n) is 3.46. The van der Waals surface area contributed by atoms with E-state index in [0.29, 0.717) is 9.20 Å². The lowest BCUT2D eigenvalue weighted by atomic mass is 9.95. The van der Waals surface area contributed by atoms with Gasteiger partial charge in [0.25, 0.3) is 5.56 Å². The van der Waals surface area contributed by atoms with Crippen LogP contribution < -0.4 is 14.8 Å². The van der Waals surface area contributed by atoms with E-state index in [1.165, 1.54) is 25.7 Å². The minimum atomic E-state index is -0.553. The number of aromatic nitrogens is 1. The molecular weight excluding hydrogens is 276 g/mol. The van der Waals surface area contributed by atoms with Crippen LogP contribution in [0.3, 0.4) is 0 Å². The van der Waals surface area contributed by atoms with Crippen LogP contribution in [-0.4, -0.2) is 17.6 Å². The van der Waals surface area contributed by atoms with Crippen molar-refractivity contribution >= 4 is 29.5 Å². The number of methoxy groups -OCH3 is 1. The SMILES string of the molecule is COC(=O)/C=c1\s/c(=C\C#N)n(C2CCCCC2)c1=O. The number of carbonyl (C=O) groups excluding carboxylic acids is 1. The normalized spacial score (nSPS) is 18.0. The Hall–Kier alpha value is -1.87. The van der Waals surface area contributed by atoms with E-state index in [-0.39, 0.29) is 11.6 Å². The minimum absolute atomic E-state index is 0.131. The maximum absolute atomic E-state index is 12.4. The van der Waals surface area contributed by atoms with Crippen molar-refractivity contribution in [1.82, 2.24) is 4.57 Å². The summed E-state index contributed by atoms with van der Waals surface area (Å²) in [7, 11) is 1.27. The van der Waals surface area contributed by atoms with Crippen molar-refractivity contribution in [2.45, 2.75) is 38.1 Å². The van der Waals surface area contributed by atoms with E-state index in [1.807, 2.05) is 6.07 Å². The Labute approximate surface area is 120 Å². The number of nitriles is 1. The molecule has 2 rings (SSSR count). The van der Waals surface area contributed by atoms with E-state index in [9.17, 15) is 9.59 Å². The van der Waals surface area contributed by atoms with Crippen LogP contribution in [0.5, 0.6) is 0 Å². The third-order valence-corrected chi connectivity index (χ3v) is 4.50. The lowest BCUT2D eigenvalue weighted by Gasteiger charge is -2.22. The molecule has 1 fully saturated rings. The summed E-state index contributed by atoms with van der Waals surface area (Å²) in [4.78, 5) is 23.7. The number of rotatable bonds is 2. The van der Waals surface area contributed by atoms with Gasteiger partial charge < -0.3 is 4.74 Å². The Morgan fingerprint density at radius 3 is 2.75 bits per heavy atom. The second kappa shape index (κ2) is 6.53. The van der Waals surface area contributed by atoms with Crippen molar-refractivity contribution in [3.63, 3.8) is 0 Å². The molecule has 20 heavy (non-hydrogen) atoms. The highest BCUT2D eigenvalue weighted by Gasteiger charge is 2.19. The van der Waals surface area contributed by atoms with Crippen molar-refractivity contribution in [3.8, 4) is 6.07 Å². The van der Waals surface area contributed by atoms with Crippen LogP contribution in [0.2, 0.25) is 0 Å². The van der Waals surface area contributed by atoms with Gasteiger partial charge in [-0.05, 0) is 12.8 Å². The van der Waals surface area contributed by atoms with Crippen LogP contribution in [0.15, 0.2) is 4.79 Å². The number of esters is 1. The molecule has 1 saturated carbocycles. The first-order valence-corrected chi connectivity index (χ1v) is 7.40. The molecule has 5 nitrogen and oxygen atoms in total. The number of nitrogens with zero attached hydrogens (tertiary/aromatic N) is 2. The predicted octanol–water partition coefficient (Wildman–Crippen LogP) is 0.673. The van der Waals surface area contributed by atoms with Gasteiger partial charge in [-0.3, -0.25) is 9.36 Å². The van der Waals surface area contributed by atoms with Crippen LogP contribution in [0.4, 0.5) is 0 Å². The van der Waals surface area contributed by atoms with Gasteiger partial charge >= 0.3 is 5.97 Å². The van der Waals surface area contributed by atoms with Crippen molar-refractivity contribution in [2.75, 3.05) is 7.11 Å². The fraction of sp³-hybridized carbons (Fsp3) is 0.500. The van der Waals surface area contributed by atoms with Gasteiger partial charge in [0.2, 0.25) is 0 Å². The molecule has 0 aromatic carbocycles. The summed E-state index contributed by atoms with van der Waals surface area (Å²) in [5, 5.41) is 8.85. The zero-order valence-electron chi connectivity index (χ0n) is 11.3. The van der Waals surface area contributed by atoms with E-state index in [1.54, 1.807) is 4.57 Å². The zero-order valence-corrected chi connectivity index (χ0v) is 12.1. The molecule has 1 aliphatic carbocycles. The van der Waals surface area contributed by atoms with Crippen molar-refractivity contribution < 1.29 is 9.53 Å². The number of hydrogen-bond acceptors (Lipinski definition) is 5. The average Bonchev–Trinajstić information content (AvgIpc) is 2.76. The van der Waals surface area contributed by atoms with Crippen LogP contribution in [0.25, 0.3) is 12.2 Å². The Balaban J connectivity index is 2.58. The van der Waals surface area contributed by atoms with Gasteiger partial charge in [0.15, 0.2) is 0 Å². The molecule has 0 amide bonds. The molecule has 1 aromatic rings. The van der Waals surface area contributed by atoms with Crippen molar-refractivity contribution in [2.24, 2.45) is 0 Å². The van der Waals surface area contributed by atoms with Crippen molar-refractivity contribution in [1.29, 1.82) is 5.26 Å². The number of thiazole rings is 1. The molecule has 0 N–H and O–H groups in total. The number of carbonyl (C=O) groups is 1. The molecule has 0 saturated heterocycles. The maximum Gasteiger partial charge on any atom is 0.332 e. The van der Waals surface area contributed by atoms with Gasteiger partial charge in [-0.2, -0.15) is 5.26 Å². The Kier molecular flexibility index (Phi) is 4.74. The second-order valence-electron chi connectivity index (χ2n) is 4.71. The lowest BCUT2D eigenvalue weighted by molar-refractivity contribution is -0.133. The maximum atomic E-state index is 12.4. The monoisotopic (exact) mass is 292 g/mol. The molecule has 0 spiro atoms. The fourth-order valence-corrected chi connectivity index (χ4v) is 3.53. The first-order valence-electron chi connectivity index (χ1n) is 6.58. The molecule has 1 aliphatic rings. The fourth-order valence-electron chi connectivity index (χ4n) is 2.52. The molecule has 0 radical (unpaired) electrons. The van der Waals surface area contributed by atoms with Gasteiger partial charge in [-0.25, -0.2) is 4.79 Å². The van der Waals surface area contributed by atoms with Gasteiger partial charge in [-0.15, -0.1) is 11.3 Å². The van der Waals surface area contributed by atoms with E-state index in [4.69, 9.17) is 5.26 Å². The lowest BCUT2D eigenvalue weighted by Crippen LogP contribution is -2.35. The number of ether oxygens (including phenoxy) is 1. The van der Waals surface area contributed by atoms with Crippen LogP contribution in [0.1, 0.15) is 38.1 Å². The molecule has 106 valence electrons. The quantitative estimate of drug-likeness (QED) is 0.751. The smallest absolute Gasteiger partial charge is 0.332 e. The van der Waals surface area contributed by atoms with Gasteiger partial charge in [0, 0.05) is 18.2 Å². The summed E-state index contributed by atoms with van der Waals surface area (Å²) in [6.07, 6.45) is 7.83. The minimum Gasteiger partial charge on any atom is -0.466 e. The molecule has 0 bridgehead atoms. The summed E-state index contributed by atoms with van der Waals surface area (Å²) in [6, 6.07) is 2.10. The summed E-state index contributed by atoms with van der Waals surface area (Å²) in [5.74, 6) is -0.553. The van der Waals surface area contributed by atoms with E-state index < -0.39 is 5.97 Å². The zero-order chi connectivity index (χ0) is 14.5.